The lowest BCUT2D eigenvalue weighted by molar-refractivity contribution is -0.135. The van der Waals surface area contributed by atoms with E-state index in [2.05, 4.69) is 0 Å². The molecule has 0 unspecified atom stereocenters. The summed E-state index contributed by atoms with van der Waals surface area (Å²) in [6, 6.07) is 14.0. The summed E-state index contributed by atoms with van der Waals surface area (Å²) in [6.45, 7) is -0.0625. The van der Waals surface area contributed by atoms with Crippen LogP contribution in [0.2, 0.25) is 0 Å². The molecule has 0 aliphatic carbocycles. The van der Waals surface area contributed by atoms with Gasteiger partial charge in [-0.15, -0.1) is 0 Å². The van der Waals surface area contributed by atoms with Crippen LogP contribution in [0.5, 0.6) is 0 Å². The van der Waals surface area contributed by atoms with Gasteiger partial charge in [-0.2, -0.15) is 0 Å². The number of benzene rings is 2. The number of carbonyl (C=O) groups is 7. The van der Waals surface area contributed by atoms with Crippen LogP contribution in [0, 0.1) is 5.92 Å². The van der Waals surface area contributed by atoms with Crippen LogP contribution < -0.4 is 20.4 Å². The maximum Gasteiger partial charge on any atom is 0.328 e. The topological polar surface area (TPSA) is 150 Å². The fourth-order valence-electron chi connectivity index (χ4n) is 4.83. The Hall–Kier alpha value is -5.19. The molecule has 2 aromatic carbocycles. The molecular formula is C29H24N4O7. The molecule has 0 saturated carbocycles. The van der Waals surface area contributed by atoms with Crippen molar-refractivity contribution in [2.75, 3.05) is 36.0 Å². The molecule has 1 saturated heterocycles. The zero-order valence-electron chi connectivity index (χ0n) is 21.2. The Labute approximate surface area is 228 Å². The van der Waals surface area contributed by atoms with Gasteiger partial charge in [0.25, 0.3) is 0 Å². The monoisotopic (exact) mass is 540 g/mol. The van der Waals surface area contributed by atoms with Crippen molar-refractivity contribution in [1.82, 2.24) is 10.6 Å². The largest absolute Gasteiger partial charge is 0.356 e. The van der Waals surface area contributed by atoms with Gasteiger partial charge in [0, 0.05) is 16.9 Å². The summed E-state index contributed by atoms with van der Waals surface area (Å²) in [5.41, 5.74) is 3.14. The molecule has 11 nitrogen and oxygen atoms in total. The molecule has 2 aromatic rings. The van der Waals surface area contributed by atoms with Gasteiger partial charge in [0.1, 0.15) is 5.92 Å². The molecule has 202 valence electrons. The van der Waals surface area contributed by atoms with E-state index in [-0.39, 0.29) is 43.3 Å². The number of urea groups is 1. The molecule has 3 heterocycles. The number of hydrogen-bond acceptors (Lipinski definition) is 9. The van der Waals surface area contributed by atoms with Gasteiger partial charge in [0.15, 0.2) is 23.1 Å². The highest BCUT2D eigenvalue weighted by molar-refractivity contribution is 6.23. The van der Waals surface area contributed by atoms with Crippen molar-refractivity contribution in [2.24, 2.45) is 5.92 Å². The first-order valence-corrected chi connectivity index (χ1v) is 12.5. The number of hydrogen-bond donors (Lipinski definition) is 2. The molecule has 5 rings (SSSR count). The minimum Gasteiger partial charge on any atom is -0.356 e. The summed E-state index contributed by atoms with van der Waals surface area (Å²) < 4.78 is 0. The first-order valence-electron chi connectivity index (χ1n) is 12.5. The fourth-order valence-corrected chi connectivity index (χ4v) is 4.83. The molecule has 0 atom stereocenters. The number of amides is 4. The van der Waals surface area contributed by atoms with Crippen LogP contribution in [0.15, 0.2) is 72.3 Å². The molecule has 4 amide bonds. The van der Waals surface area contributed by atoms with Crippen LogP contribution in [0.3, 0.4) is 0 Å². The second-order valence-electron chi connectivity index (χ2n) is 9.72. The quantitative estimate of drug-likeness (QED) is 0.522. The molecule has 0 aromatic heterocycles. The second kappa shape index (κ2) is 10.9. The number of ketones is 4. The predicted molar refractivity (Wildman–Crippen MR) is 143 cm³/mol. The van der Waals surface area contributed by atoms with Gasteiger partial charge in [-0.3, -0.25) is 39.4 Å². The lowest BCUT2D eigenvalue weighted by Gasteiger charge is -2.24. The fraction of sp³-hybridized carbons (Fsp3) is 0.207. The van der Waals surface area contributed by atoms with E-state index in [1.165, 1.54) is 12.2 Å². The van der Waals surface area contributed by atoms with Gasteiger partial charge in [-0.05, 0) is 60.0 Å². The summed E-state index contributed by atoms with van der Waals surface area (Å²) in [4.78, 5) is 88.4. The van der Waals surface area contributed by atoms with Gasteiger partial charge in [-0.1, -0.05) is 24.3 Å². The third-order valence-electron chi connectivity index (χ3n) is 6.79. The predicted octanol–water partition coefficient (Wildman–Crippen LogP) is 0.659. The summed E-state index contributed by atoms with van der Waals surface area (Å²) in [5.74, 6) is -4.74. The van der Waals surface area contributed by atoms with Crippen LogP contribution in [-0.4, -0.2) is 67.2 Å². The number of nitrogens with one attached hydrogen (secondary N) is 2. The first-order chi connectivity index (χ1) is 19.2. The maximum absolute atomic E-state index is 13.0. The highest BCUT2D eigenvalue weighted by atomic mass is 16.2. The summed E-state index contributed by atoms with van der Waals surface area (Å²) >= 11 is 0. The molecule has 3 aliphatic rings. The molecular weight excluding hydrogens is 516 g/mol. The number of barbiturate groups is 1. The Balaban J connectivity index is 1.24. The average molecular weight is 541 g/mol. The third kappa shape index (κ3) is 5.78. The van der Waals surface area contributed by atoms with Crippen molar-refractivity contribution in [1.29, 1.82) is 0 Å². The Morgan fingerprint density at radius 3 is 1.55 bits per heavy atom. The van der Waals surface area contributed by atoms with E-state index >= 15 is 0 Å². The maximum atomic E-state index is 13.0. The standard InChI is InChI=1S/C29H24N4O7/c34-21-9-10-22(35)14-32(13-21)19-5-1-17(2-6-19)11-18-3-7-20(8-4-18)33-15-23(36)12-24(25(37)16-33)26-27(38)30-29(40)31-28(26)39/h1-10,12,26H,11,13-16H2,(H2,30,31,38,39,40). The SMILES string of the molecule is O=C1C=CC(=O)CN(c2ccc(Cc3ccc(N4CC(=O)C=C(C5C(=O)NC(=O)NC5=O)C(=O)C4)cc3)cc2)C1. The number of imide groups is 2. The van der Waals surface area contributed by atoms with Crippen molar-refractivity contribution in [3.05, 3.63) is 83.5 Å². The third-order valence-corrected chi connectivity index (χ3v) is 6.79. The lowest BCUT2D eigenvalue weighted by atomic mass is 9.91. The van der Waals surface area contributed by atoms with Gasteiger partial charge < -0.3 is 9.80 Å². The van der Waals surface area contributed by atoms with Crippen LogP contribution in [0.1, 0.15) is 11.1 Å². The van der Waals surface area contributed by atoms with Crippen molar-refractivity contribution in [3.8, 4) is 0 Å². The Morgan fingerprint density at radius 2 is 1.05 bits per heavy atom. The summed E-state index contributed by atoms with van der Waals surface area (Å²) in [7, 11) is 0. The zero-order chi connectivity index (χ0) is 28.4. The van der Waals surface area contributed by atoms with Gasteiger partial charge in [0.05, 0.1) is 26.2 Å². The summed E-state index contributed by atoms with van der Waals surface area (Å²) in [5, 5.41) is 3.90. The van der Waals surface area contributed by atoms with E-state index in [1.54, 1.807) is 21.9 Å². The molecule has 2 N–H and O–H groups in total. The second-order valence-corrected chi connectivity index (χ2v) is 9.72. The summed E-state index contributed by atoms with van der Waals surface area (Å²) in [6.07, 6.45) is 4.23. The van der Waals surface area contributed by atoms with Gasteiger partial charge in [0.2, 0.25) is 11.8 Å². The molecule has 3 aliphatic heterocycles. The highest BCUT2D eigenvalue weighted by Gasteiger charge is 2.41. The van der Waals surface area contributed by atoms with Crippen LogP contribution >= 0.6 is 0 Å². The Morgan fingerprint density at radius 1 is 0.600 bits per heavy atom. The van der Waals surface area contributed by atoms with E-state index in [9.17, 15) is 33.6 Å². The van der Waals surface area contributed by atoms with Crippen molar-refractivity contribution in [2.45, 2.75) is 6.42 Å². The highest BCUT2D eigenvalue weighted by Crippen LogP contribution is 2.24. The van der Waals surface area contributed by atoms with E-state index < -0.39 is 35.3 Å². The van der Waals surface area contributed by atoms with Crippen LogP contribution in [0.4, 0.5) is 16.2 Å². The number of rotatable bonds is 5. The number of carbonyl (C=O) groups excluding carboxylic acids is 7. The molecule has 11 heteroatoms. The smallest absolute Gasteiger partial charge is 0.328 e. The molecule has 0 spiro atoms. The van der Waals surface area contributed by atoms with E-state index in [4.69, 9.17) is 0 Å². The van der Waals surface area contributed by atoms with Crippen LogP contribution in [-0.2, 0) is 35.2 Å². The molecule has 0 bridgehead atoms. The lowest BCUT2D eigenvalue weighted by Crippen LogP contribution is -2.57. The van der Waals surface area contributed by atoms with Crippen molar-refractivity contribution < 1.29 is 33.6 Å². The van der Waals surface area contributed by atoms with Crippen LogP contribution in [0.25, 0.3) is 0 Å². The molecule has 40 heavy (non-hydrogen) atoms. The van der Waals surface area contributed by atoms with Gasteiger partial charge >= 0.3 is 6.03 Å². The minimum atomic E-state index is -1.57. The Kier molecular flexibility index (Phi) is 7.19. The molecule has 1 fully saturated rings. The van der Waals surface area contributed by atoms with Crippen molar-refractivity contribution >= 4 is 52.4 Å². The van der Waals surface area contributed by atoms with Crippen molar-refractivity contribution in [3.63, 3.8) is 0 Å². The minimum absolute atomic E-state index is 0.123. The van der Waals surface area contributed by atoms with E-state index in [0.717, 1.165) is 22.9 Å². The van der Waals surface area contributed by atoms with E-state index in [1.807, 2.05) is 47.0 Å². The zero-order valence-corrected chi connectivity index (χ0v) is 21.2. The normalized spacial score (nSPS) is 18.8. The number of anilines is 2. The van der Waals surface area contributed by atoms with E-state index in [0.29, 0.717) is 12.1 Å². The average Bonchev–Trinajstić information content (AvgIpc) is 3.17. The number of Topliss-reactive ketones (excluding diaryl/α,β-unsaturated/α-hetero) is 1. The van der Waals surface area contributed by atoms with Gasteiger partial charge in [-0.25, -0.2) is 4.79 Å². The first kappa shape index (κ1) is 26.4. The Bertz CT molecular complexity index is 1470. The molecule has 0 radical (unpaired) electrons. The number of nitrogens with zero attached hydrogens (tertiary/aromatic N) is 2.